The van der Waals surface area contributed by atoms with E-state index in [-0.39, 0.29) is 11.8 Å². The highest BCUT2D eigenvalue weighted by atomic mass is 32.1. The van der Waals surface area contributed by atoms with Crippen molar-refractivity contribution >= 4 is 44.2 Å². The van der Waals surface area contributed by atoms with Crippen molar-refractivity contribution in [2.24, 2.45) is 0 Å². The second kappa shape index (κ2) is 10.3. The third-order valence-electron chi connectivity index (χ3n) is 5.09. The topological polar surface area (TPSA) is 108 Å². The van der Waals surface area contributed by atoms with Crippen molar-refractivity contribution in [2.75, 3.05) is 39.1 Å². The number of ether oxygens (including phenoxy) is 4. The van der Waals surface area contributed by atoms with Crippen LogP contribution in [0, 0.1) is 0 Å². The average Bonchev–Trinajstić information content (AvgIpc) is 3.29. The van der Waals surface area contributed by atoms with Crippen molar-refractivity contribution in [2.45, 2.75) is 0 Å². The number of benzene rings is 3. The van der Waals surface area contributed by atoms with Crippen LogP contribution in [0.2, 0.25) is 0 Å². The van der Waals surface area contributed by atoms with Gasteiger partial charge in [0.25, 0.3) is 11.8 Å². The first-order chi connectivity index (χ1) is 16.9. The molecule has 3 aromatic carbocycles. The molecule has 0 saturated heterocycles. The molecule has 0 saturated carbocycles. The Hall–Kier alpha value is -4.31. The maximum atomic E-state index is 12.8. The molecule has 2 amide bonds. The van der Waals surface area contributed by atoms with E-state index >= 15 is 0 Å². The summed E-state index contributed by atoms with van der Waals surface area (Å²) in [5.74, 6) is 1.39. The predicted octanol–water partition coefficient (Wildman–Crippen LogP) is 4.84. The average molecular weight is 494 g/mol. The number of nitrogens with zero attached hydrogens (tertiary/aromatic N) is 1. The first-order valence-corrected chi connectivity index (χ1v) is 11.2. The van der Waals surface area contributed by atoms with E-state index in [4.69, 9.17) is 18.9 Å². The lowest BCUT2D eigenvalue weighted by molar-refractivity contribution is 0.101. The molecule has 4 aromatic rings. The van der Waals surface area contributed by atoms with E-state index < -0.39 is 0 Å². The minimum atomic E-state index is -0.346. The highest BCUT2D eigenvalue weighted by Crippen LogP contribution is 2.30. The fourth-order valence-electron chi connectivity index (χ4n) is 3.31. The summed E-state index contributed by atoms with van der Waals surface area (Å²) in [5.41, 5.74) is 2.05. The van der Waals surface area contributed by atoms with Crippen LogP contribution < -0.4 is 29.6 Å². The number of amides is 2. The number of carbonyl (C=O) groups is 2. The number of hydrogen-bond donors (Lipinski definition) is 2. The highest BCUT2D eigenvalue weighted by molar-refractivity contribution is 7.22. The van der Waals surface area contributed by atoms with Crippen molar-refractivity contribution in [1.29, 1.82) is 0 Å². The summed E-state index contributed by atoms with van der Waals surface area (Å²) in [6.45, 7) is 0. The first kappa shape index (κ1) is 23.8. The van der Waals surface area contributed by atoms with Crippen LogP contribution in [0.25, 0.3) is 10.2 Å². The molecular weight excluding hydrogens is 470 g/mol. The molecule has 0 spiro atoms. The maximum Gasteiger partial charge on any atom is 0.257 e. The number of hydrogen-bond acceptors (Lipinski definition) is 8. The first-order valence-electron chi connectivity index (χ1n) is 10.4. The molecule has 0 aliphatic carbocycles. The Morgan fingerprint density at radius 3 is 1.66 bits per heavy atom. The van der Waals surface area contributed by atoms with Gasteiger partial charge in [-0.05, 0) is 42.5 Å². The van der Waals surface area contributed by atoms with Crippen LogP contribution in [0.3, 0.4) is 0 Å². The SMILES string of the molecule is COc1cc(OC)cc(C(=O)Nc2ccc3nc(NC(=O)c4cc(OC)cc(OC)c4)sc3c2)c1. The second-order valence-corrected chi connectivity index (χ2v) is 8.34. The summed E-state index contributed by atoms with van der Waals surface area (Å²) in [6, 6.07) is 15.2. The van der Waals surface area contributed by atoms with Crippen molar-refractivity contribution in [3.05, 3.63) is 65.7 Å². The summed E-state index contributed by atoms with van der Waals surface area (Å²) < 4.78 is 21.7. The molecule has 0 fully saturated rings. The highest BCUT2D eigenvalue weighted by Gasteiger charge is 2.14. The van der Waals surface area contributed by atoms with Gasteiger partial charge in [-0.1, -0.05) is 11.3 Å². The van der Waals surface area contributed by atoms with Crippen LogP contribution in [-0.2, 0) is 0 Å². The zero-order valence-corrected chi connectivity index (χ0v) is 20.3. The van der Waals surface area contributed by atoms with Gasteiger partial charge in [0.2, 0.25) is 0 Å². The fraction of sp³-hybridized carbons (Fsp3) is 0.160. The van der Waals surface area contributed by atoms with E-state index in [0.29, 0.717) is 50.5 Å². The molecule has 4 rings (SSSR count). The van der Waals surface area contributed by atoms with Gasteiger partial charge in [-0.15, -0.1) is 0 Å². The van der Waals surface area contributed by atoms with Crippen molar-refractivity contribution in [3.8, 4) is 23.0 Å². The van der Waals surface area contributed by atoms with Gasteiger partial charge >= 0.3 is 0 Å². The van der Waals surface area contributed by atoms with Crippen LogP contribution in [0.4, 0.5) is 10.8 Å². The number of fused-ring (bicyclic) bond motifs is 1. The Morgan fingerprint density at radius 2 is 1.17 bits per heavy atom. The Balaban J connectivity index is 1.52. The molecule has 0 aliphatic rings. The van der Waals surface area contributed by atoms with Gasteiger partial charge in [0, 0.05) is 28.9 Å². The summed E-state index contributed by atoms with van der Waals surface area (Å²) >= 11 is 1.29. The normalized spacial score (nSPS) is 10.5. The zero-order valence-electron chi connectivity index (χ0n) is 19.5. The lowest BCUT2D eigenvalue weighted by atomic mass is 10.1. The van der Waals surface area contributed by atoms with E-state index in [1.807, 2.05) is 0 Å². The van der Waals surface area contributed by atoms with Crippen LogP contribution in [0.5, 0.6) is 23.0 Å². The van der Waals surface area contributed by atoms with E-state index in [1.54, 1.807) is 54.6 Å². The summed E-state index contributed by atoms with van der Waals surface area (Å²) in [7, 11) is 6.08. The molecule has 0 bridgehead atoms. The number of nitrogens with one attached hydrogen (secondary N) is 2. The molecule has 0 atom stereocenters. The molecule has 2 N–H and O–H groups in total. The largest absolute Gasteiger partial charge is 0.497 e. The lowest BCUT2D eigenvalue weighted by Crippen LogP contribution is -2.12. The standard InChI is InChI=1S/C25H23N3O6S/c1-31-17-7-14(8-18(12-17)32-2)23(29)26-16-5-6-21-22(11-16)35-25(27-21)28-24(30)15-9-19(33-3)13-20(10-15)34-4/h5-13H,1-4H3,(H,26,29)(H,27,28,30). The maximum absolute atomic E-state index is 12.8. The van der Waals surface area contributed by atoms with Gasteiger partial charge in [-0.3, -0.25) is 14.9 Å². The molecule has 180 valence electrons. The minimum absolute atomic E-state index is 0.313. The van der Waals surface area contributed by atoms with Crippen molar-refractivity contribution in [1.82, 2.24) is 4.98 Å². The van der Waals surface area contributed by atoms with Crippen LogP contribution in [-0.4, -0.2) is 45.2 Å². The van der Waals surface area contributed by atoms with Gasteiger partial charge in [-0.2, -0.15) is 0 Å². The fourth-order valence-corrected chi connectivity index (χ4v) is 4.21. The van der Waals surface area contributed by atoms with Crippen molar-refractivity contribution < 1.29 is 28.5 Å². The van der Waals surface area contributed by atoms with Gasteiger partial charge in [-0.25, -0.2) is 4.98 Å². The number of carbonyl (C=O) groups excluding carboxylic acids is 2. The van der Waals surface area contributed by atoms with E-state index in [1.165, 1.54) is 39.8 Å². The minimum Gasteiger partial charge on any atom is -0.497 e. The molecule has 35 heavy (non-hydrogen) atoms. The van der Waals surface area contributed by atoms with Crippen LogP contribution >= 0.6 is 11.3 Å². The van der Waals surface area contributed by atoms with Crippen LogP contribution in [0.15, 0.2) is 54.6 Å². The van der Waals surface area contributed by atoms with Gasteiger partial charge < -0.3 is 24.3 Å². The molecule has 0 aliphatic heterocycles. The molecular formula is C25H23N3O6S. The van der Waals surface area contributed by atoms with Gasteiger partial charge in [0.05, 0.1) is 38.7 Å². The summed E-state index contributed by atoms with van der Waals surface area (Å²) in [6.07, 6.45) is 0. The van der Waals surface area contributed by atoms with E-state index in [2.05, 4.69) is 15.6 Å². The molecule has 1 aromatic heterocycles. The Labute approximate surface area is 205 Å². The Morgan fingerprint density at radius 1 is 0.686 bits per heavy atom. The smallest absolute Gasteiger partial charge is 0.257 e. The Kier molecular flexibility index (Phi) is 7.02. The molecule has 0 unspecified atom stereocenters. The number of rotatable bonds is 8. The quantitative estimate of drug-likeness (QED) is 0.362. The molecule has 10 heteroatoms. The number of thiazole rings is 1. The predicted molar refractivity (Wildman–Crippen MR) is 135 cm³/mol. The van der Waals surface area contributed by atoms with E-state index in [0.717, 1.165) is 4.70 Å². The van der Waals surface area contributed by atoms with Crippen LogP contribution in [0.1, 0.15) is 20.7 Å². The molecule has 1 heterocycles. The van der Waals surface area contributed by atoms with Crippen molar-refractivity contribution in [3.63, 3.8) is 0 Å². The number of methoxy groups -OCH3 is 4. The van der Waals surface area contributed by atoms with Gasteiger partial charge in [0.1, 0.15) is 23.0 Å². The second-order valence-electron chi connectivity index (χ2n) is 7.31. The number of aromatic nitrogens is 1. The van der Waals surface area contributed by atoms with Gasteiger partial charge in [0.15, 0.2) is 5.13 Å². The summed E-state index contributed by atoms with van der Waals surface area (Å²) in [5, 5.41) is 6.10. The third kappa shape index (κ3) is 5.44. The Bertz CT molecular complexity index is 1290. The third-order valence-corrected chi connectivity index (χ3v) is 6.03. The monoisotopic (exact) mass is 493 g/mol. The molecule has 0 radical (unpaired) electrons. The zero-order chi connectivity index (χ0) is 24.9. The lowest BCUT2D eigenvalue weighted by Gasteiger charge is -2.09. The molecule has 9 nitrogen and oxygen atoms in total. The van der Waals surface area contributed by atoms with E-state index in [9.17, 15) is 9.59 Å². The number of anilines is 2. The summed E-state index contributed by atoms with van der Waals surface area (Å²) in [4.78, 5) is 30.0.